The second kappa shape index (κ2) is 43.7. The fourth-order valence-electron chi connectivity index (χ4n) is 15.4. The number of hydrogen-bond donors (Lipinski definition) is 33. The Kier molecular flexibility index (Phi) is 36.0. The van der Waals surface area contributed by atoms with E-state index in [4.69, 9.17) is 90.0 Å². The van der Waals surface area contributed by atoms with Crippen LogP contribution in [0.15, 0.2) is 0 Å². The van der Waals surface area contributed by atoms with Crippen molar-refractivity contribution in [1.82, 2.24) is 16.0 Å². The summed E-state index contributed by atoms with van der Waals surface area (Å²) in [5, 5.41) is 339. The molecule has 0 radical (unpaired) electrons. The summed E-state index contributed by atoms with van der Waals surface area (Å²) in [5.74, 6) is -3.23. The van der Waals surface area contributed by atoms with Gasteiger partial charge in [0.05, 0.1) is 78.7 Å². The first-order chi connectivity index (χ1) is 57.3. The van der Waals surface area contributed by atoms with Crippen LogP contribution in [0.1, 0.15) is 13.8 Å². The van der Waals surface area contributed by atoms with Crippen molar-refractivity contribution in [2.75, 3.05) is 72.6 Å². The fraction of sp³-hybridized carbons (Fsp3) is 0.955. The zero-order valence-electron chi connectivity index (χ0n) is 64.0. The molecule has 2 amide bonds. The Hall–Kier alpha value is -3.55. The zero-order chi connectivity index (χ0) is 88.9. The van der Waals surface area contributed by atoms with Gasteiger partial charge in [0, 0.05) is 13.8 Å². The van der Waals surface area contributed by atoms with E-state index in [1.807, 2.05) is 0 Å². The third-order valence-corrected chi connectivity index (χ3v) is 22.1. The van der Waals surface area contributed by atoms with Crippen molar-refractivity contribution < 1.29 is 258 Å². The Morgan fingerprint density at radius 2 is 0.512 bits per heavy atom. The second-order valence-electron chi connectivity index (χ2n) is 30.3. The minimum absolute atomic E-state index is 0.812. The maximum atomic E-state index is 13.1. The van der Waals surface area contributed by atoms with Crippen molar-refractivity contribution in [3.63, 3.8) is 0 Å². The third-order valence-electron chi connectivity index (χ3n) is 22.1. The number of rotatable bonds is 33. The standard InChI is InChI=1S/C66H111N3O52/c1-14(78)68-27-37(90)50(22(10-76)105-57(27)67-3-26(80)81)115-58-28(69-15(2)79)38(91)51(23(11-77)112-58)116-63-49(102)53(118-65-56(44(97)34(87)20(8-74)110-65)121-66-55(43(96)33(86)21(9-75)111-66)120-62-47(100)41(94)31(84)18(6-72)108-62)36(89)25(114-63)12-103-59-48(101)52(117-60-45(98)39(92)29(82)16(4-70)106-60)35(88)24(113-59)13-104-64-54(42(95)32(85)19(7-73)109-64)119-61-46(99)40(93)30(83)17(5-71)107-61/h16-25,27-67,70-77,82-102H,3-13H2,1-2H3,(H,68,78)(H,69,79)(H,80,81). The lowest BCUT2D eigenvalue weighted by atomic mass is 9.93. The highest BCUT2D eigenvalue weighted by Crippen LogP contribution is 2.41. The lowest BCUT2D eigenvalue weighted by molar-refractivity contribution is -0.408. The average molecular weight is 1780 g/mol. The van der Waals surface area contributed by atoms with Gasteiger partial charge >= 0.3 is 5.97 Å². The number of amides is 2. The topological polar surface area (TPSA) is 870 Å². The number of carbonyl (C=O) groups excluding carboxylic acids is 2. The van der Waals surface area contributed by atoms with E-state index in [0.29, 0.717) is 0 Å². The van der Waals surface area contributed by atoms with E-state index in [0.717, 1.165) is 13.8 Å². The van der Waals surface area contributed by atoms with Crippen LogP contribution in [0.25, 0.3) is 0 Å². The number of ether oxygens (including phenoxy) is 19. The van der Waals surface area contributed by atoms with Crippen LogP contribution in [0.3, 0.4) is 0 Å². The molecule has 55 nitrogen and oxygen atoms in total. The molecular formula is C66H111N3O52. The highest BCUT2D eigenvalue weighted by molar-refractivity contribution is 5.74. The molecule has 0 saturated carbocycles. The number of aliphatic hydroxyl groups excluding tert-OH is 29. The van der Waals surface area contributed by atoms with Crippen molar-refractivity contribution in [3.8, 4) is 0 Å². The molecule has 10 rings (SSSR count). The Labute approximate surface area is 683 Å². The molecule has 50 atom stereocenters. The molecule has 0 bridgehead atoms. The molecule has 55 heteroatoms. The van der Waals surface area contributed by atoms with Crippen molar-refractivity contribution >= 4 is 17.8 Å². The first-order valence-corrected chi connectivity index (χ1v) is 38.3. The van der Waals surface area contributed by atoms with Crippen molar-refractivity contribution in [2.45, 2.75) is 321 Å². The molecule has 10 aliphatic heterocycles. The van der Waals surface area contributed by atoms with Crippen molar-refractivity contribution in [2.24, 2.45) is 0 Å². The Bertz CT molecular complexity index is 3190. The van der Waals surface area contributed by atoms with Crippen LogP contribution in [0.4, 0.5) is 0 Å². The molecule has 702 valence electrons. The monoisotopic (exact) mass is 1780 g/mol. The molecule has 10 heterocycles. The van der Waals surface area contributed by atoms with Crippen molar-refractivity contribution in [3.05, 3.63) is 0 Å². The summed E-state index contributed by atoms with van der Waals surface area (Å²) < 4.78 is 112. The summed E-state index contributed by atoms with van der Waals surface area (Å²) in [5.41, 5.74) is 0. The molecule has 0 aromatic carbocycles. The van der Waals surface area contributed by atoms with Gasteiger partial charge in [0.15, 0.2) is 56.6 Å². The molecule has 0 aromatic heterocycles. The molecule has 10 aliphatic rings. The smallest absolute Gasteiger partial charge is 0.317 e. The van der Waals surface area contributed by atoms with Crippen LogP contribution in [-0.2, 0) is 104 Å². The number of nitrogens with one attached hydrogen (secondary N) is 3. The van der Waals surface area contributed by atoms with E-state index in [1.165, 1.54) is 0 Å². The predicted molar refractivity (Wildman–Crippen MR) is 366 cm³/mol. The first kappa shape index (κ1) is 99.6. The van der Waals surface area contributed by atoms with E-state index in [9.17, 15) is 168 Å². The number of aliphatic hydroxyl groups is 29. The summed E-state index contributed by atoms with van der Waals surface area (Å²) >= 11 is 0. The van der Waals surface area contributed by atoms with Crippen molar-refractivity contribution in [1.29, 1.82) is 0 Å². The molecule has 0 aliphatic carbocycles. The van der Waals surface area contributed by atoms with Gasteiger partial charge in [-0.25, -0.2) is 0 Å². The first-order valence-electron chi connectivity index (χ1n) is 38.3. The molecule has 0 spiro atoms. The number of carboxylic acid groups (broad SMARTS) is 1. The molecule has 10 saturated heterocycles. The molecule has 50 unspecified atom stereocenters. The van der Waals surface area contributed by atoms with Crippen LogP contribution in [0.5, 0.6) is 0 Å². The van der Waals surface area contributed by atoms with Gasteiger partial charge in [-0.05, 0) is 0 Å². The minimum atomic E-state index is -2.66. The molecule has 0 aromatic rings. The van der Waals surface area contributed by atoms with E-state index in [2.05, 4.69) is 16.0 Å². The lowest BCUT2D eigenvalue weighted by Gasteiger charge is -2.51. The number of carbonyl (C=O) groups is 3. The van der Waals surface area contributed by atoms with Crippen LogP contribution in [0, 0.1) is 0 Å². The van der Waals surface area contributed by atoms with Crippen LogP contribution < -0.4 is 16.0 Å². The fourth-order valence-corrected chi connectivity index (χ4v) is 15.4. The van der Waals surface area contributed by atoms with Gasteiger partial charge in [-0.3, -0.25) is 19.7 Å². The maximum absolute atomic E-state index is 13.1. The van der Waals surface area contributed by atoms with E-state index in [-0.39, 0.29) is 0 Å². The summed E-state index contributed by atoms with van der Waals surface area (Å²) in [6, 6.07) is -3.60. The Morgan fingerprint density at radius 1 is 0.248 bits per heavy atom. The van der Waals surface area contributed by atoms with Gasteiger partial charge in [-0.1, -0.05) is 0 Å². The number of carboxylic acids is 1. The number of hydrogen-bond acceptors (Lipinski definition) is 52. The van der Waals surface area contributed by atoms with Crippen LogP contribution in [0.2, 0.25) is 0 Å². The van der Waals surface area contributed by atoms with Gasteiger partial charge in [0.1, 0.15) is 244 Å². The summed E-state index contributed by atoms with van der Waals surface area (Å²) in [6.45, 7) is -10.2. The van der Waals surface area contributed by atoms with E-state index in [1.54, 1.807) is 0 Å². The zero-order valence-corrected chi connectivity index (χ0v) is 64.0. The molecule has 10 fully saturated rings. The summed E-state index contributed by atoms with van der Waals surface area (Å²) in [4.78, 5) is 37.2. The normalized spacial score (nSPS) is 50.1. The highest BCUT2D eigenvalue weighted by Gasteiger charge is 2.62. The van der Waals surface area contributed by atoms with Gasteiger partial charge in [-0.15, -0.1) is 0 Å². The number of aliphatic carboxylic acids is 1. The van der Waals surface area contributed by atoms with Gasteiger partial charge in [0.25, 0.3) is 0 Å². The predicted octanol–water partition coefficient (Wildman–Crippen LogP) is -22.8. The maximum Gasteiger partial charge on any atom is 0.317 e. The molecule has 33 N–H and O–H groups in total. The minimum Gasteiger partial charge on any atom is -0.480 e. The van der Waals surface area contributed by atoms with Gasteiger partial charge in [0.2, 0.25) is 11.8 Å². The summed E-state index contributed by atoms with van der Waals surface area (Å²) in [6.07, 6.45) is -104. The molecular weight excluding hydrogens is 1670 g/mol. The van der Waals surface area contributed by atoms with Crippen LogP contribution >= 0.6 is 0 Å². The van der Waals surface area contributed by atoms with E-state index >= 15 is 0 Å². The Morgan fingerprint density at radius 3 is 0.901 bits per heavy atom. The third kappa shape index (κ3) is 22.0. The molecule has 121 heavy (non-hydrogen) atoms. The largest absolute Gasteiger partial charge is 0.480 e. The van der Waals surface area contributed by atoms with Gasteiger partial charge in [-0.2, -0.15) is 0 Å². The Balaban J connectivity index is 0.999. The quantitative estimate of drug-likeness (QED) is 0.0290. The average Bonchev–Trinajstić information content (AvgIpc) is 0.773. The van der Waals surface area contributed by atoms with Crippen LogP contribution in [-0.4, -0.2) is 550 Å². The second-order valence-corrected chi connectivity index (χ2v) is 30.3. The lowest BCUT2D eigenvalue weighted by Crippen LogP contribution is -2.71. The van der Waals surface area contributed by atoms with E-state index < -0.39 is 397 Å². The SMILES string of the molecule is CC(=O)NC1C(NCC(=O)O)OC(CO)C(OC2OC(CO)C(OC3OC(COC4OC(COC5OC(CO)C(O)C(O)C5OC5OC(CO)C(O)C(O)C5O)C(O)C(OC5OC(CO)C(O)C(O)C5O)C4O)C(O)C(OC4OC(CO)C(O)C(O)C4OC4OC(CO)C(O)C(O)C4OC4OC(CO)C(O)C(O)C4O)C3O)C(O)C2NC(C)=O)C1O. The van der Waals surface area contributed by atoms with Gasteiger partial charge < -0.3 is 254 Å². The summed E-state index contributed by atoms with van der Waals surface area (Å²) in [7, 11) is 0. The highest BCUT2D eigenvalue weighted by atomic mass is 16.8.